The molecule has 0 aliphatic carbocycles. The number of benzene rings is 2. The molecule has 0 aliphatic heterocycles. The molecular weight excluding hydrogens is 412 g/mol. The third-order valence-corrected chi connectivity index (χ3v) is 5.69. The van der Waals surface area contributed by atoms with Gasteiger partial charge < -0.3 is 20.4 Å². The van der Waals surface area contributed by atoms with E-state index >= 15 is 0 Å². The second-order valence-electron chi connectivity index (χ2n) is 8.07. The first-order valence-corrected chi connectivity index (χ1v) is 11.3. The molecule has 0 saturated carbocycles. The molecule has 0 fully saturated rings. The number of H-pyrrole nitrogens is 1. The molecule has 0 unspecified atom stereocenters. The Labute approximate surface area is 194 Å². The van der Waals surface area contributed by atoms with E-state index in [0.717, 1.165) is 36.3 Å². The van der Waals surface area contributed by atoms with E-state index in [2.05, 4.69) is 80.1 Å². The highest BCUT2D eigenvalue weighted by Crippen LogP contribution is 2.21. The standard InChI is InChI=1S/C27H30N4O2/c1-33-27(32)14-15-28-19-24-17-23(13-16-29-24)31-22-11-9-20(10-12-22)5-4-6-21-18-30-26-8-3-2-7-25(21)26/h2-3,7-13,16-18,28,30H,4-6,14-15,19H2,1H3,(H,29,31). The summed E-state index contributed by atoms with van der Waals surface area (Å²) in [7, 11) is 1.40. The Morgan fingerprint density at radius 1 is 1.03 bits per heavy atom. The average Bonchev–Trinajstić information content (AvgIpc) is 3.26. The summed E-state index contributed by atoms with van der Waals surface area (Å²) in [5.41, 5.74) is 6.88. The van der Waals surface area contributed by atoms with Gasteiger partial charge in [-0.3, -0.25) is 9.78 Å². The van der Waals surface area contributed by atoms with Crippen molar-refractivity contribution in [2.75, 3.05) is 19.0 Å². The summed E-state index contributed by atoms with van der Waals surface area (Å²) < 4.78 is 4.64. The number of aromatic nitrogens is 2. The maximum atomic E-state index is 11.2. The monoisotopic (exact) mass is 442 g/mol. The minimum atomic E-state index is -0.215. The van der Waals surface area contributed by atoms with Crippen LogP contribution in [0.3, 0.4) is 0 Å². The van der Waals surface area contributed by atoms with E-state index in [-0.39, 0.29) is 5.97 Å². The zero-order chi connectivity index (χ0) is 22.9. The van der Waals surface area contributed by atoms with Gasteiger partial charge in [0.25, 0.3) is 0 Å². The summed E-state index contributed by atoms with van der Waals surface area (Å²) in [5, 5.41) is 7.98. The Morgan fingerprint density at radius 3 is 2.73 bits per heavy atom. The van der Waals surface area contributed by atoms with E-state index in [0.29, 0.717) is 19.5 Å². The van der Waals surface area contributed by atoms with Crippen LogP contribution in [-0.2, 0) is 28.9 Å². The molecule has 2 aromatic heterocycles. The molecule has 4 rings (SSSR count). The number of para-hydroxylation sites is 1. The van der Waals surface area contributed by atoms with Gasteiger partial charge >= 0.3 is 5.97 Å². The van der Waals surface area contributed by atoms with Gasteiger partial charge in [0.15, 0.2) is 0 Å². The largest absolute Gasteiger partial charge is 0.469 e. The van der Waals surface area contributed by atoms with E-state index in [1.807, 2.05) is 12.1 Å². The lowest BCUT2D eigenvalue weighted by atomic mass is 10.0. The van der Waals surface area contributed by atoms with Crippen LogP contribution < -0.4 is 10.6 Å². The highest BCUT2D eigenvalue weighted by atomic mass is 16.5. The Bertz CT molecular complexity index is 1180. The van der Waals surface area contributed by atoms with Crippen molar-refractivity contribution in [2.24, 2.45) is 0 Å². The predicted octanol–water partition coefficient (Wildman–Crippen LogP) is 5.13. The van der Waals surface area contributed by atoms with Crippen LogP contribution in [0.25, 0.3) is 10.9 Å². The number of hydrogen-bond donors (Lipinski definition) is 3. The SMILES string of the molecule is COC(=O)CCNCc1cc(Nc2ccc(CCCc3c[nH]c4ccccc34)cc2)ccn1. The minimum Gasteiger partial charge on any atom is -0.469 e. The molecule has 2 heterocycles. The first kappa shape index (κ1) is 22.6. The normalized spacial score (nSPS) is 10.9. The van der Waals surface area contributed by atoms with Gasteiger partial charge in [0.1, 0.15) is 0 Å². The number of aryl methyl sites for hydroxylation is 2. The molecule has 6 heteroatoms. The van der Waals surface area contributed by atoms with Gasteiger partial charge in [-0.2, -0.15) is 0 Å². The van der Waals surface area contributed by atoms with Crippen molar-refractivity contribution in [3.63, 3.8) is 0 Å². The highest BCUT2D eigenvalue weighted by molar-refractivity contribution is 5.83. The topological polar surface area (TPSA) is 79.0 Å². The molecule has 0 radical (unpaired) electrons. The lowest BCUT2D eigenvalue weighted by Gasteiger charge is -2.10. The number of pyridine rings is 1. The average molecular weight is 443 g/mol. The van der Waals surface area contributed by atoms with Gasteiger partial charge in [0.05, 0.1) is 19.2 Å². The van der Waals surface area contributed by atoms with Crippen LogP contribution in [0.2, 0.25) is 0 Å². The molecule has 2 aromatic carbocycles. The lowest BCUT2D eigenvalue weighted by molar-refractivity contribution is -0.140. The number of rotatable bonds is 11. The number of hydrogen-bond acceptors (Lipinski definition) is 5. The molecule has 0 spiro atoms. The quantitative estimate of drug-likeness (QED) is 0.222. The Morgan fingerprint density at radius 2 is 1.88 bits per heavy atom. The number of anilines is 2. The Kier molecular flexibility index (Phi) is 7.72. The predicted molar refractivity (Wildman–Crippen MR) is 133 cm³/mol. The Hall–Kier alpha value is -3.64. The van der Waals surface area contributed by atoms with Crippen molar-refractivity contribution in [1.29, 1.82) is 0 Å². The lowest BCUT2D eigenvalue weighted by Crippen LogP contribution is -2.19. The van der Waals surface area contributed by atoms with Crippen LogP contribution in [0.15, 0.2) is 73.1 Å². The molecular formula is C27H30N4O2. The number of esters is 1. The van der Waals surface area contributed by atoms with Crippen LogP contribution in [0.1, 0.15) is 29.7 Å². The fourth-order valence-electron chi connectivity index (χ4n) is 3.90. The first-order valence-electron chi connectivity index (χ1n) is 11.3. The summed E-state index contributed by atoms with van der Waals surface area (Å²) in [5.74, 6) is -0.215. The third-order valence-electron chi connectivity index (χ3n) is 5.69. The number of nitrogens with one attached hydrogen (secondary N) is 3. The molecule has 33 heavy (non-hydrogen) atoms. The van der Waals surface area contributed by atoms with Crippen molar-refractivity contribution >= 4 is 28.2 Å². The molecule has 0 bridgehead atoms. The first-order chi connectivity index (χ1) is 16.2. The Balaban J connectivity index is 1.25. The van der Waals surface area contributed by atoms with Gasteiger partial charge in [0.2, 0.25) is 0 Å². The van der Waals surface area contributed by atoms with E-state index in [1.54, 1.807) is 6.20 Å². The maximum absolute atomic E-state index is 11.2. The van der Waals surface area contributed by atoms with Crippen LogP contribution in [-0.4, -0.2) is 29.6 Å². The number of ether oxygens (including phenoxy) is 1. The molecule has 0 aliphatic rings. The highest BCUT2D eigenvalue weighted by Gasteiger charge is 2.04. The number of carbonyl (C=O) groups excluding carboxylic acids is 1. The smallest absolute Gasteiger partial charge is 0.306 e. The number of carbonyl (C=O) groups is 1. The van der Waals surface area contributed by atoms with Crippen LogP contribution in [0.5, 0.6) is 0 Å². The molecule has 6 nitrogen and oxygen atoms in total. The van der Waals surface area contributed by atoms with Crippen molar-refractivity contribution in [3.8, 4) is 0 Å². The molecule has 3 N–H and O–H groups in total. The molecule has 0 atom stereocenters. The summed E-state index contributed by atoms with van der Waals surface area (Å²) in [6, 6.07) is 21.1. The fourth-order valence-corrected chi connectivity index (χ4v) is 3.90. The maximum Gasteiger partial charge on any atom is 0.306 e. The second-order valence-corrected chi connectivity index (χ2v) is 8.07. The van der Waals surface area contributed by atoms with Gasteiger partial charge in [-0.25, -0.2) is 0 Å². The van der Waals surface area contributed by atoms with E-state index < -0.39 is 0 Å². The van der Waals surface area contributed by atoms with Crippen molar-refractivity contribution in [2.45, 2.75) is 32.2 Å². The summed E-state index contributed by atoms with van der Waals surface area (Å²) in [6.45, 7) is 1.16. The van der Waals surface area contributed by atoms with Gasteiger partial charge in [-0.05, 0) is 60.7 Å². The minimum absolute atomic E-state index is 0.215. The number of aromatic amines is 1. The summed E-state index contributed by atoms with van der Waals surface area (Å²) in [4.78, 5) is 18.9. The molecule has 4 aromatic rings. The van der Waals surface area contributed by atoms with E-state index in [1.165, 1.54) is 29.1 Å². The summed E-state index contributed by atoms with van der Waals surface area (Å²) in [6.07, 6.45) is 7.51. The zero-order valence-electron chi connectivity index (χ0n) is 18.9. The van der Waals surface area contributed by atoms with Crippen LogP contribution >= 0.6 is 0 Å². The number of fused-ring (bicyclic) bond motifs is 1. The van der Waals surface area contributed by atoms with Crippen LogP contribution in [0.4, 0.5) is 11.4 Å². The molecule has 0 amide bonds. The molecule has 0 saturated heterocycles. The van der Waals surface area contributed by atoms with Gasteiger partial charge in [-0.15, -0.1) is 0 Å². The zero-order valence-corrected chi connectivity index (χ0v) is 18.9. The van der Waals surface area contributed by atoms with Gasteiger partial charge in [-0.1, -0.05) is 30.3 Å². The number of nitrogens with zero attached hydrogens (tertiary/aromatic N) is 1. The van der Waals surface area contributed by atoms with Gasteiger partial charge in [0, 0.05) is 47.8 Å². The number of methoxy groups -OCH3 is 1. The second kappa shape index (κ2) is 11.3. The van der Waals surface area contributed by atoms with E-state index in [9.17, 15) is 4.79 Å². The third kappa shape index (κ3) is 6.43. The van der Waals surface area contributed by atoms with E-state index in [4.69, 9.17) is 0 Å². The fraction of sp³-hybridized carbons (Fsp3) is 0.259. The van der Waals surface area contributed by atoms with Crippen molar-refractivity contribution < 1.29 is 9.53 Å². The summed E-state index contributed by atoms with van der Waals surface area (Å²) >= 11 is 0. The van der Waals surface area contributed by atoms with Crippen LogP contribution in [0, 0.1) is 0 Å². The van der Waals surface area contributed by atoms with Crippen molar-refractivity contribution in [1.82, 2.24) is 15.3 Å². The molecule has 170 valence electrons. The van der Waals surface area contributed by atoms with Crippen molar-refractivity contribution in [3.05, 3.63) is 89.9 Å².